The van der Waals surface area contributed by atoms with Gasteiger partial charge in [0.05, 0.1) is 5.25 Å². The zero-order valence-electron chi connectivity index (χ0n) is 12.5. The molecule has 3 N–H and O–H groups in total. The summed E-state index contributed by atoms with van der Waals surface area (Å²) in [5, 5.41) is 2.80. The van der Waals surface area contributed by atoms with Gasteiger partial charge in [0.2, 0.25) is 5.91 Å². The van der Waals surface area contributed by atoms with Crippen LogP contribution >= 0.6 is 11.8 Å². The molecule has 0 fully saturated rings. The SMILES string of the molecule is Cc1cc(N)ccc1NC(=O)C(C)Sc1ccccc1C. The third-order valence-corrected chi connectivity index (χ3v) is 4.55. The van der Waals surface area contributed by atoms with Crippen LogP contribution in [0.3, 0.4) is 0 Å². The van der Waals surface area contributed by atoms with Crippen molar-refractivity contribution in [1.29, 1.82) is 0 Å². The molecule has 1 atom stereocenters. The Morgan fingerprint density at radius 3 is 2.52 bits per heavy atom. The van der Waals surface area contributed by atoms with Crippen LogP contribution in [0.1, 0.15) is 18.1 Å². The Morgan fingerprint density at radius 2 is 1.86 bits per heavy atom. The molecule has 2 aromatic carbocycles. The van der Waals surface area contributed by atoms with Crippen LogP contribution in [0.15, 0.2) is 47.4 Å². The van der Waals surface area contributed by atoms with Crippen molar-refractivity contribution in [1.82, 2.24) is 0 Å². The highest BCUT2D eigenvalue weighted by atomic mass is 32.2. The highest BCUT2D eigenvalue weighted by Gasteiger charge is 2.16. The number of hydrogen-bond donors (Lipinski definition) is 2. The first-order valence-electron chi connectivity index (χ1n) is 6.86. The second kappa shape index (κ2) is 6.68. The molecule has 110 valence electrons. The van der Waals surface area contributed by atoms with E-state index in [2.05, 4.69) is 18.3 Å². The predicted molar refractivity (Wildman–Crippen MR) is 90.7 cm³/mol. The topological polar surface area (TPSA) is 55.1 Å². The quantitative estimate of drug-likeness (QED) is 0.662. The summed E-state index contributed by atoms with van der Waals surface area (Å²) in [6.07, 6.45) is 0. The number of carbonyl (C=O) groups is 1. The lowest BCUT2D eigenvalue weighted by atomic mass is 10.2. The van der Waals surface area contributed by atoms with E-state index in [1.165, 1.54) is 5.56 Å². The van der Waals surface area contributed by atoms with Gasteiger partial charge in [0.1, 0.15) is 0 Å². The molecule has 0 spiro atoms. The Bertz CT molecular complexity index is 655. The summed E-state index contributed by atoms with van der Waals surface area (Å²) in [6.45, 7) is 5.90. The fraction of sp³-hybridized carbons (Fsp3) is 0.235. The minimum Gasteiger partial charge on any atom is -0.399 e. The molecule has 4 heteroatoms. The highest BCUT2D eigenvalue weighted by molar-refractivity contribution is 8.00. The van der Waals surface area contributed by atoms with Crippen molar-refractivity contribution >= 4 is 29.0 Å². The molecule has 1 unspecified atom stereocenters. The summed E-state index contributed by atoms with van der Waals surface area (Å²) >= 11 is 1.57. The van der Waals surface area contributed by atoms with Gasteiger partial charge < -0.3 is 11.1 Å². The average Bonchev–Trinajstić information content (AvgIpc) is 2.44. The molecule has 3 nitrogen and oxygen atoms in total. The third-order valence-electron chi connectivity index (χ3n) is 3.27. The molecule has 0 radical (unpaired) electrons. The number of benzene rings is 2. The zero-order chi connectivity index (χ0) is 15.4. The standard InChI is InChI=1S/C17H20N2OS/c1-11-6-4-5-7-16(11)21-13(3)17(20)19-15-9-8-14(18)10-12(15)2/h4-10,13H,18H2,1-3H3,(H,19,20). The van der Waals surface area contributed by atoms with Crippen molar-refractivity contribution in [2.45, 2.75) is 30.9 Å². The van der Waals surface area contributed by atoms with E-state index in [9.17, 15) is 4.79 Å². The molecule has 2 rings (SSSR count). The maximum Gasteiger partial charge on any atom is 0.237 e. The van der Waals surface area contributed by atoms with Crippen molar-refractivity contribution in [3.05, 3.63) is 53.6 Å². The zero-order valence-corrected chi connectivity index (χ0v) is 13.3. The maximum absolute atomic E-state index is 12.3. The van der Waals surface area contributed by atoms with Gasteiger partial charge in [-0.2, -0.15) is 0 Å². The second-order valence-electron chi connectivity index (χ2n) is 5.09. The van der Waals surface area contributed by atoms with Crippen LogP contribution in [0, 0.1) is 13.8 Å². The van der Waals surface area contributed by atoms with Gasteiger partial charge in [-0.15, -0.1) is 11.8 Å². The van der Waals surface area contributed by atoms with Crippen LogP contribution < -0.4 is 11.1 Å². The van der Waals surface area contributed by atoms with Gasteiger partial charge in [-0.1, -0.05) is 18.2 Å². The summed E-state index contributed by atoms with van der Waals surface area (Å²) in [5.41, 5.74) is 9.39. The van der Waals surface area contributed by atoms with Gasteiger partial charge in [-0.3, -0.25) is 4.79 Å². The van der Waals surface area contributed by atoms with Gasteiger partial charge in [0.15, 0.2) is 0 Å². The highest BCUT2D eigenvalue weighted by Crippen LogP contribution is 2.27. The van der Waals surface area contributed by atoms with Gasteiger partial charge in [-0.25, -0.2) is 0 Å². The Hall–Kier alpha value is -1.94. The Kier molecular flexibility index (Phi) is 4.91. The number of hydrogen-bond acceptors (Lipinski definition) is 3. The number of anilines is 2. The van der Waals surface area contributed by atoms with E-state index in [-0.39, 0.29) is 11.2 Å². The number of amides is 1. The van der Waals surface area contributed by atoms with E-state index in [4.69, 9.17) is 5.73 Å². The number of nitrogen functional groups attached to an aromatic ring is 1. The number of thioether (sulfide) groups is 1. The van der Waals surface area contributed by atoms with E-state index < -0.39 is 0 Å². The largest absolute Gasteiger partial charge is 0.399 e. The number of carbonyl (C=O) groups excluding carboxylic acids is 1. The summed E-state index contributed by atoms with van der Waals surface area (Å²) < 4.78 is 0. The van der Waals surface area contributed by atoms with Crippen LogP contribution in [0.25, 0.3) is 0 Å². The van der Waals surface area contributed by atoms with Crippen LogP contribution in [0.2, 0.25) is 0 Å². The molecule has 0 aliphatic rings. The van der Waals surface area contributed by atoms with E-state index in [0.717, 1.165) is 16.1 Å². The molecule has 2 aromatic rings. The van der Waals surface area contributed by atoms with Gasteiger partial charge in [0.25, 0.3) is 0 Å². The van der Waals surface area contributed by atoms with Crippen LogP contribution in [0.5, 0.6) is 0 Å². The van der Waals surface area contributed by atoms with Gasteiger partial charge >= 0.3 is 0 Å². The Morgan fingerprint density at radius 1 is 1.14 bits per heavy atom. The van der Waals surface area contributed by atoms with Crippen molar-refractivity contribution in [2.75, 3.05) is 11.1 Å². The van der Waals surface area contributed by atoms with Crippen molar-refractivity contribution in [3.63, 3.8) is 0 Å². The molecule has 1 amide bonds. The van der Waals surface area contributed by atoms with E-state index in [1.54, 1.807) is 17.8 Å². The lowest BCUT2D eigenvalue weighted by molar-refractivity contribution is -0.115. The summed E-state index contributed by atoms with van der Waals surface area (Å²) in [6, 6.07) is 13.6. The Balaban J connectivity index is 2.04. The van der Waals surface area contributed by atoms with Crippen molar-refractivity contribution < 1.29 is 4.79 Å². The maximum atomic E-state index is 12.3. The van der Waals surface area contributed by atoms with E-state index in [0.29, 0.717) is 5.69 Å². The van der Waals surface area contributed by atoms with Crippen molar-refractivity contribution in [2.24, 2.45) is 0 Å². The van der Waals surface area contributed by atoms with Gasteiger partial charge in [-0.05, 0) is 56.2 Å². The second-order valence-corrected chi connectivity index (χ2v) is 6.47. The number of nitrogens with two attached hydrogens (primary N) is 1. The minimum atomic E-state index is -0.164. The molecule has 0 bridgehead atoms. The lowest BCUT2D eigenvalue weighted by Gasteiger charge is -2.15. The summed E-state index contributed by atoms with van der Waals surface area (Å²) in [5.74, 6) is -0.00359. The molecule has 21 heavy (non-hydrogen) atoms. The molecular formula is C17H20N2OS. The fourth-order valence-electron chi connectivity index (χ4n) is 1.99. The molecule has 0 heterocycles. The summed E-state index contributed by atoms with van der Waals surface area (Å²) in [7, 11) is 0. The lowest BCUT2D eigenvalue weighted by Crippen LogP contribution is -2.22. The van der Waals surface area contributed by atoms with Crippen LogP contribution in [-0.4, -0.2) is 11.2 Å². The normalized spacial score (nSPS) is 12.0. The third kappa shape index (κ3) is 4.02. The first-order valence-corrected chi connectivity index (χ1v) is 7.74. The van der Waals surface area contributed by atoms with Crippen LogP contribution in [0.4, 0.5) is 11.4 Å². The first-order chi connectivity index (χ1) is 9.97. The smallest absolute Gasteiger partial charge is 0.237 e. The number of nitrogens with one attached hydrogen (secondary N) is 1. The fourth-order valence-corrected chi connectivity index (χ4v) is 2.95. The molecule has 0 aliphatic heterocycles. The number of rotatable bonds is 4. The molecule has 0 aliphatic carbocycles. The van der Waals surface area contributed by atoms with Gasteiger partial charge in [0, 0.05) is 16.3 Å². The monoisotopic (exact) mass is 300 g/mol. The molecular weight excluding hydrogens is 280 g/mol. The molecule has 0 aromatic heterocycles. The Labute approximate surface area is 129 Å². The van der Waals surface area contributed by atoms with Crippen molar-refractivity contribution in [3.8, 4) is 0 Å². The van der Waals surface area contributed by atoms with E-state index in [1.807, 2.05) is 44.2 Å². The summed E-state index contributed by atoms with van der Waals surface area (Å²) in [4.78, 5) is 13.4. The van der Waals surface area contributed by atoms with E-state index >= 15 is 0 Å². The molecule has 0 saturated carbocycles. The predicted octanol–water partition coefficient (Wildman–Crippen LogP) is 4.00. The molecule has 0 saturated heterocycles. The number of aryl methyl sites for hydroxylation is 2. The average molecular weight is 300 g/mol. The minimum absolute atomic E-state index is 0.00359. The first kappa shape index (κ1) is 15.4. The van der Waals surface area contributed by atoms with Crippen LogP contribution in [-0.2, 0) is 4.79 Å².